The molecule has 8 nitrogen and oxygen atoms in total. The molecule has 2 unspecified atom stereocenters. The van der Waals surface area contributed by atoms with Crippen molar-refractivity contribution in [3.05, 3.63) is 81.8 Å². The van der Waals surface area contributed by atoms with Gasteiger partial charge in [-0.3, -0.25) is 9.59 Å². The number of nitrogens with zero attached hydrogens (tertiary/aromatic N) is 2. The number of carboxylic acids is 1. The number of aromatic nitrogens is 2. The zero-order valence-corrected chi connectivity index (χ0v) is 23.1. The Morgan fingerprint density at radius 2 is 1.59 bits per heavy atom. The van der Waals surface area contributed by atoms with Crippen molar-refractivity contribution in [2.24, 2.45) is 5.92 Å². The highest BCUT2D eigenvalue weighted by molar-refractivity contribution is 6.14. The van der Waals surface area contributed by atoms with Crippen LogP contribution in [0, 0.1) is 5.92 Å². The first-order chi connectivity index (χ1) is 19.2. The van der Waals surface area contributed by atoms with E-state index in [4.69, 9.17) is 0 Å². The van der Waals surface area contributed by atoms with Crippen LogP contribution in [0.1, 0.15) is 55.2 Å². The van der Waals surface area contributed by atoms with Crippen LogP contribution in [0.25, 0.3) is 21.8 Å². The summed E-state index contributed by atoms with van der Waals surface area (Å²) in [6.07, 6.45) is -7.72. The molecule has 0 fully saturated rings. The lowest BCUT2D eigenvalue weighted by Gasteiger charge is -2.29. The van der Waals surface area contributed by atoms with Crippen LogP contribution in [0.5, 0.6) is 0 Å². The van der Waals surface area contributed by atoms with Gasteiger partial charge in [0.1, 0.15) is 12.1 Å². The fourth-order valence-corrected chi connectivity index (χ4v) is 5.21. The molecule has 4 rings (SSSR count). The molecule has 11 heteroatoms. The number of carboxylic acid groups (broad SMARTS) is 1. The molecule has 0 radical (unpaired) electrons. The first kappa shape index (κ1) is 29.9. The number of carbonyl (C=O) groups is 2. The minimum atomic E-state index is -4.94. The summed E-state index contributed by atoms with van der Waals surface area (Å²) in [6.45, 7) is 6.09. The summed E-state index contributed by atoms with van der Waals surface area (Å²) in [6, 6.07) is 14.1. The summed E-state index contributed by atoms with van der Waals surface area (Å²) >= 11 is 0. The van der Waals surface area contributed by atoms with Crippen LogP contribution in [-0.4, -0.2) is 49.5 Å². The van der Waals surface area contributed by atoms with Crippen molar-refractivity contribution < 1.29 is 33.0 Å². The number of alkyl halides is 3. The summed E-state index contributed by atoms with van der Waals surface area (Å²) in [4.78, 5) is 39.4. The minimum Gasteiger partial charge on any atom is -0.478 e. The van der Waals surface area contributed by atoms with Crippen molar-refractivity contribution in [2.45, 2.75) is 65.0 Å². The number of hydrogen-bond acceptors (Lipinski definition) is 4. The minimum absolute atomic E-state index is 0.00494. The van der Waals surface area contributed by atoms with E-state index in [0.717, 1.165) is 5.56 Å². The van der Waals surface area contributed by atoms with Crippen molar-refractivity contribution in [1.82, 2.24) is 14.5 Å². The Morgan fingerprint density at radius 3 is 2.15 bits per heavy atom. The molecule has 3 N–H and O–H groups in total. The third kappa shape index (κ3) is 5.85. The van der Waals surface area contributed by atoms with Crippen LogP contribution in [0.2, 0.25) is 0 Å². The Balaban J connectivity index is 1.93. The summed E-state index contributed by atoms with van der Waals surface area (Å²) in [5.74, 6) is -3.05. The average molecular weight is 572 g/mol. The molecule has 0 saturated carbocycles. The van der Waals surface area contributed by atoms with Gasteiger partial charge in [0, 0.05) is 23.0 Å². The second-order valence-electron chi connectivity index (χ2n) is 10.8. The smallest absolute Gasteiger partial charge is 0.416 e. The Kier molecular flexibility index (Phi) is 8.30. The van der Waals surface area contributed by atoms with E-state index in [1.807, 2.05) is 44.2 Å². The zero-order valence-electron chi connectivity index (χ0n) is 23.1. The molecular formula is C30H32F3N3O5. The quantitative estimate of drug-likeness (QED) is 0.265. The Hall–Kier alpha value is -4.12. The predicted octanol–water partition coefficient (Wildman–Crippen LogP) is 4.89. The molecule has 2 aromatic carbocycles. The fraction of sp³-hybridized carbons (Fsp3) is 0.367. The van der Waals surface area contributed by atoms with E-state index in [1.165, 1.54) is 24.5 Å². The zero-order chi connectivity index (χ0) is 30.2. The maximum Gasteiger partial charge on any atom is 0.416 e. The van der Waals surface area contributed by atoms with Crippen molar-refractivity contribution in [1.29, 1.82) is 0 Å². The van der Waals surface area contributed by atoms with Crippen molar-refractivity contribution in [2.75, 3.05) is 0 Å². The molecule has 2 aromatic heterocycles. The summed E-state index contributed by atoms with van der Waals surface area (Å²) in [5, 5.41) is 23.1. The number of para-hydroxylation sites is 1. The van der Waals surface area contributed by atoms with Crippen LogP contribution in [0.3, 0.4) is 0 Å². The van der Waals surface area contributed by atoms with E-state index >= 15 is 0 Å². The molecule has 2 atom stereocenters. The van der Waals surface area contributed by atoms with E-state index < -0.39 is 48.2 Å². The number of rotatable bonds is 9. The second kappa shape index (κ2) is 11.4. The molecule has 218 valence electrons. The van der Waals surface area contributed by atoms with Crippen LogP contribution >= 0.6 is 0 Å². The van der Waals surface area contributed by atoms with Gasteiger partial charge in [0.2, 0.25) is 5.91 Å². The van der Waals surface area contributed by atoms with Gasteiger partial charge in [-0.05, 0) is 29.5 Å². The molecule has 4 aromatic rings. The first-order valence-electron chi connectivity index (χ1n) is 13.2. The Bertz CT molecular complexity index is 1660. The van der Waals surface area contributed by atoms with Crippen LogP contribution < -0.4 is 10.9 Å². The number of aliphatic hydroxyl groups is 1. The molecule has 0 bridgehead atoms. The van der Waals surface area contributed by atoms with E-state index in [9.17, 15) is 37.8 Å². The van der Waals surface area contributed by atoms with E-state index in [1.54, 1.807) is 22.8 Å². The number of fused-ring (bicyclic) bond motifs is 3. The molecule has 2 heterocycles. The lowest BCUT2D eigenvalue weighted by molar-refractivity contribution is -0.215. The number of halogens is 3. The maximum absolute atomic E-state index is 14.1. The normalized spacial score (nSPS) is 13.7. The van der Waals surface area contributed by atoms with E-state index in [-0.39, 0.29) is 23.5 Å². The highest BCUT2D eigenvalue weighted by Crippen LogP contribution is 2.33. The Labute approximate surface area is 234 Å². The van der Waals surface area contributed by atoms with Gasteiger partial charge in [-0.2, -0.15) is 13.2 Å². The van der Waals surface area contributed by atoms with Gasteiger partial charge in [-0.1, -0.05) is 70.2 Å². The molecule has 0 aliphatic carbocycles. The molecular weight excluding hydrogens is 539 g/mol. The lowest BCUT2D eigenvalue weighted by atomic mass is 9.98. The number of carbonyl (C=O) groups excluding carboxylic acids is 1. The standard InChI is InChI=1S/C30H32F3N3O5/c1-16(2)22-13-21-19-11-8-12-20(29(40)41)25(19)36(14-18-9-6-5-7-10-18)26(21)28(39)35(22)15-23(37)34-24(17(3)4)27(38)30(31,32)33/h5-13,16-17,24,27,38H,14-15H2,1-4H3,(H,34,37)(H,40,41). The van der Waals surface area contributed by atoms with Crippen molar-refractivity contribution in [3.63, 3.8) is 0 Å². The van der Waals surface area contributed by atoms with Gasteiger partial charge in [-0.15, -0.1) is 0 Å². The summed E-state index contributed by atoms with van der Waals surface area (Å²) in [5.41, 5.74) is 1.21. The van der Waals surface area contributed by atoms with E-state index in [0.29, 0.717) is 22.0 Å². The van der Waals surface area contributed by atoms with Gasteiger partial charge in [0.15, 0.2) is 6.10 Å². The third-order valence-corrected chi connectivity index (χ3v) is 7.20. The molecule has 41 heavy (non-hydrogen) atoms. The number of amides is 1. The van der Waals surface area contributed by atoms with Crippen molar-refractivity contribution >= 4 is 33.7 Å². The monoisotopic (exact) mass is 571 g/mol. The van der Waals surface area contributed by atoms with Crippen LogP contribution in [0.4, 0.5) is 13.2 Å². The predicted molar refractivity (Wildman–Crippen MR) is 149 cm³/mol. The topological polar surface area (TPSA) is 114 Å². The maximum atomic E-state index is 14.1. The fourth-order valence-electron chi connectivity index (χ4n) is 5.21. The number of pyridine rings is 1. The second-order valence-corrected chi connectivity index (χ2v) is 10.8. The number of aromatic carboxylic acids is 1. The first-order valence-corrected chi connectivity index (χ1v) is 13.2. The lowest BCUT2D eigenvalue weighted by Crippen LogP contribution is -2.53. The third-order valence-electron chi connectivity index (χ3n) is 7.20. The molecule has 0 aliphatic rings. The molecule has 0 saturated heterocycles. The number of benzene rings is 2. The van der Waals surface area contributed by atoms with Crippen LogP contribution in [0.15, 0.2) is 59.4 Å². The molecule has 1 amide bonds. The van der Waals surface area contributed by atoms with Gasteiger partial charge in [0.05, 0.1) is 17.1 Å². The van der Waals surface area contributed by atoms with Crippen LogP contribution in [-0.2, 0) is 17.9 Å². The van der Waals surface area contributed by atoms with Gasteiger partial charge in [-0.25, -0.2) is 4.79 Å². The van der Waals surface area contributed by atoms with Crippen molar-refractivity contribution in [3.8, 4) is 0 Å². The largest absolute Gasteiger partial charge is 0.478 e. The van der Waals surface area contributed by atoms with E-state index in [2.05, 4.69) is 5.32 Å². The molecule has 0 spiro atoms. The summed E-state index contributed by atoms with van der Waals surface area (Å²) in [7, 11) is 0. The van der Waals surface area contributed by atoms with Gasteiger partial charge < -0.3 is 24.7 Å². The highest BCUT2D eigenvalue weighted by Gasteiger charge is 2.45. The Morgan fingerprint density at radius 1 is 0.927 bits per heavy atom. The number of nitrogens with one attached hydrogen (secondary N) is 1. The van der Waals surface area contributed by atoms with Gasteiger partial charge >= 0.3 is 12.1 Å². The van der Waals surface area contributed by atoms with Gasteiger partial charge in [0.25, 0.3) is 5.56 Å². The summed E-state index contributed by atoms with van der Waals surface area (Å²) < 4.78 is 42.6. The average Bonchev–Trinajstić information content (AvgIpc) is 3.21. The number of hydrogen-bond donors (Lipinski definition) is 3. The number of aliphatic hydroxyl groups excluding tert-OH is 1. The molecule has 0 aliphatic heterocycles. The SMILES string of the molecule is CC(C)c1cc2c3cccc(C(=O)O)c3n(Cc3ccccc3)c2c(=O)n1CC(=O)NC(C(C)C)C(O)C(F)(F)F. The highest BCUT2D eigenvalue weighted by atomic mass is 19.4.